The summed E-state index contributed by atoms with van der Waals surface area (Å²) in [7, 11) is 0. The number of alkyl halides is 3. The number of amides is 1. The lowest BCUT2D eigenvalue weighted by Crippen LogP contribution is -2.34. The van der Waals surface area contributed by atoms with Gasteiger partial charge in [-0.25, -0.2) is 4.79 Å². The maximum atomic E-state index is 13.5. The molecule has 5 nitrogen and oxygen atoms in total. The van der Waals surface area contributed by atoms with E-state index in [4.69, 9.17) is 26.6 Å². The second-order valence-electron chi connectivity index (χ2n) is 7.93. The van der Waals surface area contributed by atoms with Crippen molar-refractivity contribution in [3.8, 4) is 0 Å². The average molecular weight is 472 g/mol. The Hall–Kier alpha value is -2.74. The molecule has 0 aliphatic heterocycles. The lowest BCUT2D eigenvalue weighted by Gasteiger charge is -2.26. The maximum Gasteiger partial charge on any atom is 0.503 e. The third kappa shape index (κ3) is 7.75. The van der Waals surface area contributed by atoms with Gasteiger partial charge in [-0.2, -0.15) is 13.2 Å². The number of carbonyl (C=O) groups excluding carboxylic acids is 1. The van der Waals surface area contributed by atoms with E-state index in [0.29, 0.717) is 22.2 Å². The SMILES string of the molecule is Cc1ccc(CC2CC2)cc1NC(=O)[C@H](c1ccc(Cl)cc1)[C@@H](C)C(F)(F)F.O=C(O)O. The molecule has 1 aliphatic rings. The van der Waals surface area contributed by atoms with E-state index in [9.17, 15) is 18.0 Å². The molecule has 0 heterocycles. The molecule has 3 N–H and O–H groups in total. The first-order valence-corrected chi connectivity index (χ1v) is 10.4. The molecular weight excluding hydrogens is 447 g/mol. The van der Waals surface area contributed by atoms with Gasteiger partial charge in [-0.1, -0.05) is 42.8 Å². The number of hydrogen-bond donors (Lipinski definition) is 3. The van der Waals surface area contributed by atoms with Crippen LogP contribution in [-0.4, -0.2) is 28.5 Å². The summed E-state index contributed by atoms with van der Waals surface area (Å²) in [6, 6.07) is 11.7. The van der Waals surface area contributed by atoms with Crippen molar-refractivity contribution in [2.45, 2.75) is 45.2 Å². The Kier molecular flexibility index (Phi) is 8.55. The van der Waals surface area contributed by atoms with E-state index in [1.807, 2.05) is 25.1 Å². The Bertz CT molecular complexity index is 939. The molecule has 1 fully saturated rings. The summed E-state index contributed by atoms with van der Waals surface area (Å²) < 4.78 is 40.4. The molecule has 174 valence electrons. The van der Waals surface area contributed by atoms with Gasteiger partial charge in [0.1, 0.15) is 0 Å². The van der Waals surface area contributed by atoms with Crippen molar-refractivity contribution in [1.29, 1.82) is 0 Å². The zero-order chi connectivity index (χ0) is 24.1. The summed E-state index contributed by atoms with van der Waals surface area (Å²) >= 11 is 5.86. The highest BCUT2D eigenvalue weighted by atomic mass is 35.5. The second kappa shape index (κ2) is 10.7. The summed E-state index contributed by atoms with van der Waals surface area (Å²) in [5.74, 6) is -3.18. The highest BCUT2D eigenvalue weighted by Crippen LogP contribution is 2.39. The molecule has 1 saturated carbocycles. The molecule has 3 rings (SSSR count). The first-order chi connectivity index (χ1) is 14.9. The molecule has 2 aromatic carbocycles. The molecule has 0 aromatic heterocycles. The number of anilines is 1. The Labute approximate surface area is 189 Å². The fraction of sp³-hybridized carbons (Fsp3) is 0.391. The number of benzene rings is 2. The number of carbonyl (C=O) groups is 2. The van der Waals surface area contributed by atoms with Crippen LogP contribution in [-0.2, 0) is 11.2 Å². The average Bonchev–Trinajstić information content (AvgIpc) is 3.49. The van der Waals surface area contributed by atoms with E-state index in [2.05, 4.69) is 5.32 Å². The van der Waals surface area contributed by atoms with Crippen LogP contribution >= 0.6 is 11.6 Å². The molecule has 1 amide bonds. The molecule has 9 heteroatoms. The molecule has 0 radical (unpaired) electrons. The summed E-state index contributed by atoms with van der Waals surface area (Å²) in [6.07, 6.45) is -2.98. The van der Waals surface area contributed by atoms with Crippen LogP contribution in [0.1, 0.15) is 42.4 Å². The van der Waals surface area contributed by atoms with Gasteiger partial charge in [-0.3, -0.25) is 4.79 Å². The monoisotopic (exact) mass is 471 g/mol. The Balaban J connectivity index is 0.000000837. The number of nitrogens with one attached hydrogen (secondary N) is 1. The molecular formula is C23H25ClF3NO4. The van der Waals surface area contributed by atoms with E-state index < -0.39 is 30.1 Å². The molecule has 32 heavy (non-hydrogen) atoms. The predicted molar refractivity (Wildman–Crippen MR) is 116 cm³/mol. The summed E-state index contributed by atoms with van der Waals surface area (Å²) in [4.78, 5) is 21.5. The zero-order valence-electron chi connectivity index (χ0n) is 17.6. The number of carboxylic acid groups (broad SMARTS) is 2. The van der Waals surface area contributed by atoms with Crippen LogP contribution in [0.15, 0.2) is 42.5 Å². The highest BCUT2D eigenvalue weighted by Gasteiger charge is 2.45. The van der Waals surface area contributed by atoms with Crippen molar-refractivity contribution in [3.63, 3.8) is 0 Å². The van der Waals surface area contributed by atoms with Crippen molar-refractivity contribution in [2.24, 2.45) is 11.8 Å². The second-order valence-corrected chi connectivity index (χ2v) is 8.36. The maximum absolute atomic E-state index is 13.5. The minimum absolute atomic E-state index is 0.290. The number of aryl methyl sites for hydroxylation is 1. The van der Waals surface area contributed by atoms with Gasteiger partial charge < -0.3 is 15.5 Å². The van der Waals surface area contributed by atoms with Gasteiger partial charge in [0.2, 0.25) is 5.91 Å². The van der Waals surface area contributed by atoms with E-state index in [1.165, 1.54) is 37.1 Å². The topological polar surface area (TPSA) is 86.6 Å². The fourth-order valence-corrected chi connectivity index (χ4v) is 3.45. The van der Waals surface area contributed by atoms with Gasteiger partial charge in [-0.05, 0) is 67.0 Å². The van der Waals surface area contributed by atoms with Crippen molar-refractivity contribution in [1.82, 2.24) is 0 Å². The van der Waals surface area contributed by atoms with Crippen molar-refractivity contribution >= 4 is 29.4 Å². The normalized spacial score (nSPS) is 15.2. The van der Waals surface area contributed by atoms with Gasteiger partial charge in [0, 0.05) is 10.7 Å². The highest BCUT2D eigenvalue weighted by molar-refractivity contribution is 6.30. The number of halogens is 4. The molecule has 1 aliphatic carbocycles. The van der Waals surface area contributed by atoms with Gasteiger partial charge in [0.15, 0.2) is 0 Å². The van der Waals surface area contributed by atoms with Crippen LogP contribution in [0.4, 0.5) is 23.7 Å². The largest absolute Gasteiger partial charge is 0.503 e. The molecule has 0 spiro atoms. The van der Waals surface area contributed by atoms with Crippen LogP contribution in [0.2, 0.25) is 5.02 Å². The Morgan fingerprint density at radius 2 is 1.69 bits per heavy atom. The number of hydrogen-bond acceptors (Lipinski definition) is 2. The first kappa shape index (κ1) is 25.5. The van der Waals surface area contributed by atoms with E-state index in [0.717, 1.165) is 24.5 Å². The zero-order valence-corrected chi connectivity index (χ0v) is 18.4. The molecule has 0 saturated heterocycles. The third-order valence-corrected chi connectivity index (χ3v) is 5.56. The van der Waals surface area contributed by atoms with Crippen molar-refractivity contribution in [2.75, 3.05) is 5.32 Å². The van der Waals surface area contributed by atoms with E-state index in [1.54, 1.807) is 0 Å². The first-order valence-electron chi connectivity index (χ1n) is 10.0. The van der Waals surface area contributed by atoms with Crippen LogP contribution in [0, 0.1) is 18.8 Å². The van der Waals surface area contributed by atoms with Gasteiger partial charge in [-0.15, -0.1) is 0 Å². The minimum Gasteiger partial charge on any atom is -0.450 e. The minimum atomic E-state index is -4.50. The lowest BCUT2D eigenvalue weighted by molar-refractivity contribution is -0.178. The standard InChI is InChI=1S/C22H23ClF3NO.CH2O3/c1-13-3-4-16(11-15-5-6-15)12-19(13)27-21(28)20(14(2)22(24,25)26)17-7-9-18(23)10-8-17;2-1(3)4/h3-4,7-10,12,14-15,20H,5-6,11H2,1-2H3,(H,27,28);(H2,2,3,4)/t14-,20+;/m1./s1. The summed E-state index contributed by atoms with van der Waals surface area (Å²) in [5, 5.41) is 17.1. The fourth-order valence-electron chi connectivity index (χ4n) is 3.32. The van der Waals surface area contributed by atoms with Crippen LogP contribution < -0.4 is 5.32 Å². The summed E-state index contributed by atoms with van der Waals surface area (Å²) in [5.41, 5.74) is 2.77. The predicted octanol–water partition coefficient (Wildman–Crippen LogP) is 6.74. The molecule has 2 atom stereocenters. The van der Waals surface area contributed by atoms with Crippen molar-refractivity contribution in [3.05, 3.63) is 64.2 Å². The molecule has 0 unspecified atom stereocenters. The van der Waals surface area contributed by atoms with E-state index in [-0.39, 0.29) is 0 Å². The van der Waals surface area contributed by atoms with Crippen molar-refractivity contribution < 1.29 is 33.0 Å². The lowest BCUT2D eigenvalue weighted by atomic mass is 9.85. The Morgan fingerprint density at radius 3 is 2.19 bits per heavy atom. The Morgan fingerprint density at radius 1 is 1.12 bits per heavy atom. The molecule has 0 bridgehead atoms. The summed E-state index contributed by atoms with van der Waals surface area (Å²) in [6.45, 7) is 2.87. The van der Waals surface area contributed by atoms with E-state index >= 15 is 0 Å². The number of rotatable bonds is 6. The third-order valence-electron chi connectivity index (χ3n) is 5.31. The van der Waals surface area contributed by atoms with Crippen LogP contribution in [0.25, 0.3) is 0 Å². The van der Waals surface area contributed by atoms with Crippen LogP contribution in [0.5, 0.6) is 0 Å². The van der Waals surface area contributed by atoms with Gasteiger partial charge in [0.05, 0.1) is 11.8 Å². The quantitative estimate of drug-likeness (QED) is 0.435. The van der Waals surface area contributed by atoms with Gasteiger partial charge in [0.25, 0.3) is 0 Å². The molecule has 2 aromatic rings. The smallest absolute Gasteiger partial charge is 0.450 e. The van der Waals surface area contributed by atoms with Gasteiger partial charge >= 0.3 is 12.3 Å². The van der Waals surface area contributed by atoms with Crippen LogP contribution in [0.3, 0.4) is 0 Å².